The van der Waals surface area contributed by atoms with E-state index in [9.17, 15) is 13.2 Å². The number of anilines is 1. The van der Waals surface area contributed by atoms with E-state index in [0.717, 1.165) is 11.3 Å². The molecule has 1 aliphatic heterocycles. The average molecular weight is 407 g/mol. The smallest absolute Gasteiger partial charge is 0.228 e. The number of sulfonamides is 1. The van der Waals surface area contributed by atoms with Gasteiger partial charge in [0.1, 0.15) is 0 Å². The fourth-order valence-corrected chi connectivity index (χ4v) is 5.00. The van der Waals surface area contributed by atoms with Crippen molar-refractivity contribution in [3.63, 3.8) is 0 Å². The van der Waals surface area contributed by atoms with E-state index in [2.05, 4.69) is 5.32 Å². The molecule has 2 aromatic carbocycles. The summed E-state index contributed by atoms with van der Waals surface area (Å²) in [6, 6.07) is 14.4. The molecule has 0 spiro atoms. The maximum absolute atomic E-state index is 12.8. The summed E-state index contributed by atoms with van der Waals surface area (Å²) < 4.78 is 27.0. The van der Waals surface area contributed by atoms with Crippen LogP contribution in [0.3, 0.4) is 0 Å². The lowest BCUT2D eigenvalue weighted by atomic mass is 9.98. The van der Waals surface area contributed by atoms with E-state index < -0.39 is 10.0 Å². The van der Waals surface area contributed by atoms with Gasteiger partial charge in [0.05, 0.1) is 11.7 Å². The van der Waals surface area contributed by atoms with E-state index in [1.165, 1.54) is 4.31 Å². The Hall–Kier alpha value is -1.89. The second-order valence-corrected chi connectivity index (χ2v) is 9.34. The molecule has 1 N–H and O–H groups in total. The second kappa shape index (κ2) is 8.42. The number of nitrogens with one attached hydrogen (secondary N) is 1. The van der Waals surface area contributed by atoms with Gasteiger partial charge in [0.2, 0.25) is 15.9 Å². The summed E-state index contributed by atoms with van der Waals surface area (Å²) in [5.41, 5.74) is 2.48. The van der Waals surface area contributed by atoms with Crippen LogP contribution in [0.15, 0.2) is 48.5 Å². The summed E-state index contributed by atoms with van der Waals surface area (Å²) in [4.78, 5) is 12.6. The van der Waals surface area contributed by atoms with Crippen molar-refractivity contribution in [2.75, 3.05) is 18.4 Å². The lowest BCUT2D eigenvalue weighted by molar-refractivity contribution is -0.120. The van der Waals surface area contributed by atoms with E-state index in [0.29, 0.717) is 30.0 Å². The molecule has 3 rings (SSSR count). The lowest BCUT2D eigenvalue weighted by Crippen LogP contribution is -2.44. The Morgan fingerprint density at radius 3 is 2.67 bits per heavy atom. The SMILES string of the molecule is Cc1cccc(NC(=O)[C@H]2CCCN(S(=O)(=O)Cc3ccc(Cl)cc3)C2)c1. The number of aryl methyl sites for hydroxylation is 1. The molecule has 1 aliphatic rings. The van der Waals surface area contributed by atoms with Gasteiger partial charge < -0.3 is 5.32 Å². The van der Waals surface area contributed by atoms with Crippen molar-refractivity contribution in [3.05, 3.63) is 64.7 Å². The first kappa shape index (κ1) is 19.9. The fourth-order valence-electron chi connectivity index (χ4n) is 3.26. The topological polar surface area (TPSA) is 66.5 Å². The number of benzene rings is 2. The van der Waals surface area contributed by atoms with Crippen molar-refractivity contribution in [2.45, 2.75) is 25.5 Å². The molecule has 144 valence electrons. The molecular weight excluding hydrogens is 384 g/mol. The number of carbonyl (C=O) groups is 1. The molecule has 7 heteroatoms. The van der Waals surface area contributed by atoms with Gasteiger partial charge in [0.25, 0.3) is 0 Å². The molecule has 1 atom stereocenters. The van der Waals surface area contributed by atoms with Crippen LogP contribution in [0.1, 0.15) is 24.0 Å². The van der Waals surface area contributed by atoms with Gasteiger partial charge in [-0.2, -0.15) is 0 Å². The zero-order chi connectivity index (χ0) is 19.4. The van der Waals surface area contributed by atoms with Crippen LogP contribution >= 0.6 is 11.6 Å². The van der Waals surface area contributed by atoms with E-state index in [1.54, 1.807) is 24.3 Å². The number of carbonyl (C=O) groups excluding carboxylic acids is 1. The Bertz CT molecular complexity index is 913. The first-order valence-electron chi connectivity index (χ1n) is 8.93. The van der Waals surface area contributed by atoms with Gasteiger partial charge in [0, 0.05) is 23.8 Å². The van der Waals surface area contributed by atoms with Crippen LogP contribution in [0.25, 0.3) is 0 Å². The molecule has 0 aromatic heterocycles. The van der Waals surface area contributed by atoms with Gasteiger partial charge in [-0.25, -0.2) is 12.7 Å². The van der Waals surface area contributed by atoms with Crippen molar-refractivity contribution in [3.8, 4) is 0 Å². The highest BCUT2D eigenvalue weighted by molar-refractivity contribution is 7.88. The van der Waals surface area contributed by atoms with Crippen LogP contribution in [0, 0.1) is 12.8 Å². The first-order chi connectivity index (χ1) is 12.8. The average Bonchev–Trinajstić information content (AvgIpc) is 2.63. The van der Waals surface area contributed by atoms with Crippen LogP contribution in [-0.4, -0.2) is 31.7 Å². The standard InChI is InChI=1S/C20H23ClN2O3S/c1-15-4-2-6-19(12-15)22-20(24)17-5-3-11-23(13-17)27(25,26)14-16-7-9-18(21)10-8-16/h2,4,6-10,12,17H,3,5,11,13-14H2,1H3,(H,22,24)/t17-/m0/s1. The number of nitrogens with zero attached hydrogens (tertiary/aromatic N) is 1. The number of amides is 1. The molecule has 0 radical (unpaired) electrons. The second-order valence-electron chi connectivity index (χ2n) is 6.94. The quantitative estimate of drug-likeness (QED) is 0.820. The van der Waals surface area contributed by atoms with Crippen LogP contribution in [-0.2, 0) is 20.6 Å². The van der Waals surface area contributed by atoms with Gasteiger partial charge in [-0.05, 0) is 55.2 Å². The predicted molar refractivity (Wildman–Crippen MR) is 108 cm³/mol. The van der Waals surface area contributed by atoms with E-state index in [4.69, 9.17) is 11.6 Å². The fraction of sp³-hybridized carbons (Fsp3) is 0.350. The largest absolute Gasteiger partial charge is 0.326 e. The third-order valence-electron chi connectivity index (χ3n) is 4.70. The summed E-state index contributed by atoms with van der Waals surface area (Å²) in [5.74, 6) is -0.567. The van der Waals surface area contributed by atoms with Gasteiger partial charge in [-0.3, -0.25) is 4.79 Å². The Balaban J connectivity index is 1.65. The predicted octanol–water partition coefficient (Wildman–Crippen LogP) is 3.83. The molecule has 0 unspecified atom stereocenters. The van der Waals surface area contributed by atoms with Gasteiger partial charge >= 0.3 is 0 Å². The molecule has 1 heterocycles. The van der Waals surface area contributed by atoms with Crippen molar-refractivity contribution in [1.82, 2.24) is 4.31 Å². The highest BCUT2D eigenvalue weighted by Gasteiger charge is 2.32. The summed E-state index contributed by atoms with van der Waals surface area (Å²) in [5, 5.41) is 3.48. The maximum Gasteiger partial charge on any atom is 0.228 e. The third kappa shape index (κ3) is 5.31. The van der Waals surface area contributed by atoms with Crippen LogP contribution in [0.5, 0.6) is 0 Å². The molecule has 27 heavy (non-hydrogen) atoms. The van der Waals surface area contributed by atoms with E-state index >= 15 is 0 Å². The minimum absolute atomic E-state index is 0.0869. The zero-order valence-corrected chi connectivity index (χ0v) is 16.8. The highest BCUT2D eigenvalue weighted by atomic mass is 35.5. The van der Waals surface area contributed by atoms with Crippen molar-refractivity contribution in [1.29, 1.82) is 0 Å². The molecule has 1 saturated heterocycles. The number of halogens is 1. The van der Waals surface area contributed by atoms with E-state index in [1.807, 2.05) is 31.2 Å². The van der Waals surface area contributed by atoms with Crippen molar-refractivity contribution < 1.29 is 13.2 Å². The summed E-state index contributed by atoms with van der Waals surface area (Å²) in [6.45, 7) is 2.62. The van der Waals surface area contributed by atoms with Crippen LogP contribution in [0.4, 0.5) is 5.69 Å². The highest BCUT2D eigenvalue weighted by Crippen LogP contribution is 2.23. The Morgan fingerprint density at radius 1 is 1.22 bits per heavy atom. The molecule has 5 nitrogen and oxygen atoms in total. The number of piperidine rings is 1. The summed E-state index contributed by atoms with van der Waals surface area (Å²) in [7, 11) is -3.48. The van der Waals surface area contributed by atoms with Crippen molar-refractivity contribution in [2.24, 2.45) is 5.92 Å². The molecule has 2 aromatic rings. The Morgan fingerprint density at radius 2 is 1.96 bits per heavy atom. The molecule has 1 amide bonds. The number of hydrogen-bond acceptors (Lipinski definition) is 3. The van der Waals surface area contributed by atoms with Gasteiger partial charge in [-0.1, -0.05) is 35.9 Å². The number of rotatable bonds is 5. The van der Waals surface area contributed by atoms with Gasteiger partial charge in [-0.15, -0.1) is 0 Å². The minimum atomic E-state index is -3.48. The normalized spacial score (nSPS) is 18.2. The summed E-state index contributed by atoms with van der Waals surface area (Å²) >= 11 is 5.86. The third-order valence-corrected chi connectivity index (χ3v) is 6.76. The first-order valence-corrected chi connectivity index (χ1v) is 10.9. The lowest BCUT2D eigenvalue weighted by Gasteiger charge is -2.31. The molecule has 0 saturated carbocycles. The number of hydrogen-bond donors (Lipinski definition) is 1. The monoisotopic (exact) mass is 406 g/mol. The molecule has 1 fully saturated rings. The van der Waals surface area contributed by atoms with Crippen molar-refractivity contribution >= 4 is 33.2 Å². The minimum Gasteiger partial charge on any atom is -0.326 e. The maximum atomic E-state index is 12.8. The molecule has 0 aliphatic carbocycles. The van der Waals surface area contributed by atoms with Gasteiger partial charge in [0.15, 0.2) is 0 Å². The van der Waals surface area contributed by atoms with E-state index in [-0.39, 0.29) is 24.1 Å². The summed E-state index contributed by atoms with van der Waals surface area (Å²) in [6.07, 6.45) is 1.36. The zero-order valence-electron chi connectivity index (χ0n) is 15.2. The Kier molecular flexibility index (Phi) is 6.19. The Labute approximate surface area is 165 Å². The van der Waals surface area contributed by atoms with Crippen LogP contribution in [0.2, 0.25) is 5.02 Å². The molecular formula is C20H23ClN2O3S. The molecule has 0 bridgehead atoms. The van der Waals surface area contributed by atoms with Crippen LogP contribution < -0.4 is 5.32 Å².